The second-order valence-corrected chi connectivity index (χ2v) is 4.16. The molecule has 0 fully saturated rings. The normalized spacial score (nSPS) is 10.1. The summed E-state index contributed by atoms with van der Waals surface area (Å²) < 4.78 is 0. The Kier molecular flexibility index (Phi) is 10.1. The summed E-state index contributed by atoms with van der Waals surface area (Å²) in [6, 6.07) is 0. The molecule has 0 aromatic carbocycles. The highest BCUT2D eigenvalue weighted by Crippen LogP contribution is 2.04. The fourth-order valence-electron chi connectivity index (χ4n) is 1.45. The van der Waals surface area contributed by atoms with E-state index in [0.717, 1.165) is 38.6 Å². The van der Waals surface area contributed by atoms with Crippen molar-refractivity contribution in [1.82, 2.24) is 5.32 Å². The van der Waals surface area contributed by atoms with Gasteiger partial charge >= 0.3 is 0 Å². The summed E-state index contributed by atoms with van der Waals surface area (Å²) in [6.45, 7) is 4.80. The average Bonchev–Trinajstić information content (AvgIpc) is 2.28. The molecule has 0 unspecified atom stereocenters. The molecule has 0 atom stereocenters. The van der Waals surface area contributed by atoms with Crippen LogP contribution in [-0.4, -0.2) is 18.2 Å². The molecule has 0 spiro atoms. The van der Waals surface area contributed by atoms with Gasteiger partial charge in [-0.25, -0.2) is 0 Å². The average molecular weight is 229 g/mol. The minimum Gasteiger partial charge on any atom is -0.356 e. The van der Waals surface area contributed by atoms with E-state index in [1.165, 1.54) is 0 Å². The zero-order chi connectivity index (χ0) is 12.2. The molecule has 0 saturated carbocycles. The van der Waals surface area contributed by atoms with Crippen LogP contribution in [0.15, 0.2) is 0 Å². The van der Waals surface area contributed by atoms with Gasteiger partial charge in [0.15, 0.2) is 0 Å². The molecule has 96 valence electrons. The van der Waals surface area contributed by atoms with E-state index < -0.39 is 0 Å². The van der Waals surface area contributed by atoms with E-state index in [0.29, 0.717) is 25.0 Å². The number of unbranched alkanes of at least 4 members (excludes halogenated alkanes) is 3. The van der Waals surface area contributed by atoms with Gasteiger partial charge < -0.3 is 5.32 Å². The highest BCUT2D eigenvalue weighted by molar-refractivity contribution is 5.78. The first-order valence-corrected chi connectivity index (χ1v) is 6.49. The summed E-state index contributed by atoms with van der Waals surface area (Å²) in [6.07, 6.45) is 6.88. The SMILES string of the molecule is CCCCNC(=O)CCCCCC(=O)CC.[HH]. The molecule has 0 radical (unpaired) electrons. The lowest BCUT2D eigenvalue weighted by atomic mass is 10.1. The van der Waals surface area contributed by atoms with Crippen LogP contribution < -0.4 is 5.32 Å². The van der Waals surface area contributed by atoms with Crippen LogP contribution in [-0.2, 0) is 9.59 Å². The molecule has 1 N–H and O–H groups in total. The van der Waals surface area contributed by atoms with Crippen molar-refractivity contribution in [3.05, 3.63) is 0 Å². The number of hydrogen-bond donors (Lipinski definition) is 1. The van der Waals surface area contributed by atoms with Crippen LogP contribution in [0, 0.1) is 0 Å². The summed E-state index contributed by atoms with van der Waals surface area (Å²) in [4.78, 5) is 22.3. The van der Waals surface area contributed by atoms with Gasteiger partial charge in [0.1, 0.15) is 5.78 Å². The molecule has 3 heteroatoms. The first-order chi connectivity index (χ1) is 7.70. The Hall–Kier alpha value is -0.860. The van der Waals surface area contributed by atoms with Gasteiger partial charge in [-0.05, 0) is 19.3 Å². The Morgan fingerprint density at radius 2 is 1.69 bits per heavy atom. The van der Waals surface area contributed by atoms with Crippen LogP contribution in [0.5, 0.6) is 0 Å². The molecule has 0 rings (SSSR count). The van der Waals surface area contributed by atoms with E-state index in [2.05, 4.69) is 12.2 Å². The van der Waals surface area contributed by atoms with Gasteiger partial charge in [-0.3, -0.25) is 9.59 Å². The standard InChI is InChI=1S/C13H25NO2.H2/c1-3-5-11-14-13(16)10-8-6-7-9-12(15)4-2;/h3-11H2,1-2H3,(H,14,16);1H. The number of Topliss-reactive ketones (excluding diaryl/α,β-unsaturated/α-hetero) is 1. The minimum absolute atomic E-state index is 0. The lowest BCUT2D eigenvalue weighted by Gasteiger charge is -2.03. The maximum atomic E-state index is 11.3. The van der Waals surface area contributed by atoms with Gasteiger partial charge in [-0.15, -0.1) is 0 Å². The van der Waals surface area contributed by atoms with Crippen LogP contribution >= 0.6 is 0 Å². The predicted octanol–water partition coefficient (Wildman–Crippen LogP) is 3.08. The molecule has 3 nitrogen and oxygen atoms in total. The van der Waals surface area contributed by atoms with Crippen molar-refractivity contribution < 1.29 is 11.0 Å². The molecular weight excluding hydrogens is 202 g/mol. The van der Waals surface area contributed by atoms with Crippen LogP contribution in [0.4, 0.5) is 0 Å². The zero-order valence-electron chi connectivity index (χ0n) is 10.7. The second-order valence-electron chi connectivity index (χ2n) is 4.16. The summed E-state index contributed by atoms with van der Waals surface area (Å²) in [5.74, 6) is 0.475. The molecule has 0 saturated heterocycles. The molecule has 1 amide bonds. The first kappa shape index (κ1) is 15.1. The minimum atomic E-state index is 0. The summed E-state index contributed by atoms with van der Waals surface area (Å²) in [5.41, 5.74) is 0. The Balaban J connectivity index is 0. The van der Waals surface area contributed by atoms with Gasteiger partial charge in [-0.1, -0.05) is 26.7 Å². The van der Waals surface area contributed by atoms with E-state index in [-0.39, 0.29) is 7.33 Å². The van der Waals surface area contributed by atoms with Gasteiger partial charge in [0.05, 0.1) is 0 Å². The number of carbonyl (C=O) groups excluding carboxylic acids is 2. The molecule has 0 aliphatic carbocycles. The Bertz CT molecular complexity index is 208. The summed E-state index contributed by atoms with van der Waals surface area (Å²) in [7, 11) is 0. The van der Waals surface area contributed by atoms with Gasteiger partial charge in [0.2, 0.25) is 5.91 Å². The molecule has 0 aliphatic heterocycles. The number of hydrogen-bond acceptors (Lipinski definition) is 2. The molecular formula is C13H27NO2. The molecule has 0 heterocycles. The molecule has 0 aromatic rings. The van der Waals surface area contributed by atoms with E-state index in [1.807, 2.05) is 6.92 Å². The van der Waals surface area contributed by atoms with Gasteiger partial charge in [0, 0.05) is 27.2 Å². The first-order valence-electron chi connectivity index (χ1n) is 6.49. The van der Waals surface area contributed by atoms with Crippen molar-refractivity contribution in [2.75, 3.05) is 6.54 Å². The third-order valence-electron chi connectivity index (χ3n) is 2.61. The summed E-state index contributed by atoms with van der Waals surface area (Å²) in [5, 5.41) is 2.89. The number of nitrogens with one attached hydrogen (secondary N) is 1. The molecule has 0 bridgehead atoms. The maximum Gasteiger partial charge on any atom is 0.219 e. The zero-order valence-corrected chi connectivity index (χ0v) is 10.7. The van der Waals surface area contributed by atoms with Gasteiger partial charge in [-0.2, -0.15) is 0 Å². The fraction of sp³-hybridized carbons (Fsp3) is 0.846. The number of rotatable bonds is 10. The number of amides is 1. The molecule has 0 aromatic heterocycles. The van der Waals surface area contributed by atoms with E-state index in [4.69, 9.17) is 0 Å². The Labute approximate surface area is 100 Å². The summed E-state index contributed by atoms with van der Waals surface area (Å²) >= 11 is 0. The van der Waals surface area contributed by atoms with E-state index in [1.54, 1.807) is 0 Å². The second kappa shape index (κ2) is 10.7. The van der Waals surface area contributed by atoms with E-state index >= 15 is 0 Å². The number of carbonyl (C=O) groups is 2. The fourth-order valence-corrected chi connectivity index (χ4v) is 1.45. The topological polar surface area (TPSA) is 46.2 Å². The third kappa shape index (κ3) is 9.69. The van der Waals surface area contributed by atoms with Crippen molar-refractivity contribution in [1.29, 1.82) is 0 Å². The van der Waals surface area contributed by atoms with Crippen LogP contribution in [0.25, 0.3) is 0 Å². The van der Waals surface area contributed by atoms with Crippen LogP contribution in [0.1, 0.15) is 66.6 Å². The van der Waals surface area contributed by atoms with Crippen LogP contribution in [0.3, 0.4) is 0 Å². The maximum absolute atomic E-state index is 11.3. The number of ketones is 1. The largest absolute Gasteiger partial charge is 0.356 e. The highest BCUT2D eigenvalue weighted by Gasteiger charge is 2.01. The Morgan fingerprint density at radius 3 is 2.31 bits per heavy atom. The van der Waals surface area contributed by atoms with E-state index in [9.17, 15) is 9.59 Å². The smallest absolute Gasteiger partial charge is 0.219 e. The Morgan fingerprint density at radius 1 is 1.00 bits per heavy atom. The van der Waals surface area contributed by atoms with Crippen LogP contribution in [0.2, 0.25) is 0 Å². The van der Waals surface area contributed by atoms with Crippen molar-refractivity contribution in [2.24, 2.45) is 0 Å². The lowest BCUT2D eigenvalue weighted by Crippen LogP contribution is -2.23. The molecule has 16 heavy (non-hydrogen) atoms. The molecule has 0 aliphatic rings. The van der Waals surface area contributed by atoms with Crippen molar-refractivity contribution in [2.45, 2.75) is 65.2 Å². The predicted molar refractivity (Wildman–Crippen MR) is 68.4 cm³/mol. The van der Waals surface area contributed by atoms with Crippen molar-refractivity contribution in [3.8, 4) is 0 Å². The lowest BCUT2D eigenvalue weighted by molar-refractivity contribution is -0.121. The monoisotopic (exact) mass is 229 g/mol. The third-order valence-corrected chi connectivity index (χ3v) is 2.61. The highest BCUT2D eigenvalue weighted by atomic mass is 16.1. The van der Waals surface area contributed by atoms with Gasteiger partial charge in [0.25, 0.3) is 0 Å². The quantitative estimate of drug-likeness (QED) is 0.585. The van der Waals surface area contributed by atoms with Crippen molar-refractivity contribution in [3.63, 3.8) is 0 Å². The van der Waals surface area contributed by atoms with Crippen molar-refractivity contribution >= 4 is 11.7 Å².